The van der Waals surface area contributed by atoms with Crippen molar-refractivity contribution in [1.82, 2.24) is 0 Å². The molecular weight excluding hydrogens is 204 g/mol. The molecule has 0 aromatic carbocycles. The van der Waals surface area contributed by atoms with Crippen LogP contribution in [0.1, 0.15) is 39.5 Å². The average Bonchev–Trinajstić information content (AvgIpc) is 2.66. The summed E-state index contributed by atoms with van der Waals surface area (Å²) in [6.07, 6.45) is 16.5. The Hall–Kier alpha value is -1.30. The summed E-state index contributed by atoms with van der Waals surface area (Å²) in [4.78, 5) is 0. The van der Waals surface area contributed by atoms with Gasteiger partial charge in [0.05, 0.1) is 0 Å². The van der Waals surface area contributed by atoms with Crippen molar-refractivity contribution in [3.8, 4) is 0 Å². The molecule has 0 saturated carbocycles. The first-order valence-corrected chi connectivity index (χ1v) is 6.79. The van der Waals surface area contributed by atoms with Crippen molar-refractivity contribution >= 4 is 0 Å². The van der Waals surface area contributed by atoms with Crippen LogP contribution < -0.4 is 0 Å². The smallest absolute Gasteiger partial charge is 0.00378 e. The Morgan fingerprint density at radius 3 is 2.94 bits per heavy atom. The van der Waals surface area contributed by atoms with Crippen LogP contribution in [0.2, 0.25) is 0 Å². The van der Waals surface area contributed by atoms with Crippen LogP contribution in [0.25, 0.3) is 0 Å². The van der Waals surface area contributed by atoms with Crippen molar-refractivity contribution in [2.45, 2.75) is 39.5 Å². The zero-order chi connectivity index (χ0) is 11.8. The molecule has 0 N–H and O–H groups in total. The van der Waals surface area contributed by atoms with Gasteiger partial charge in [-0.25, -0.2) is 0 Å². The van der Waals surface area contributed by atoms with E-state index in [0.717, 1.165) is 0 Å². The highest BCUT2D eigenvalue weighted by Crippen LogP contribution is 2.48. The number of fused-ring (bicyclic) bond motifs is 1. The fourth-order valence-electron chi connectivity index (χ4n) is 3.52. The van der Waals surface area contributed by atoms with Crippen LogP contribution in [0, 0.1) is 5.92 Å². The molecule has 0 spiro atoms. The summed E-state index contributed by atoms with van der Waals surface area (Å²) in [6, 6.07) is 0. The Bertz CT molecular complexity index is 492. The number of hydrogen-bond acceptors (Lipinski definition) is 0. The maximum Gasteiger partial charge on any atom is 0.00378 e. The summed E-state index contributed by atoms with van der Waals surface area (Å²) in [6.45, 7) is 4.50. The molecule has 0 aliphatic heterocycles. The van der Waals surface area contributed by atoms with Gasteiger partial charge >= 0.3 is 0 Å². The molecular formula is C17H20. The van der Waals surface area contributed by atoms with Gasteiger partial charge in [0.1, 0.15) is 0 Å². The predicted molar refractivity (Wildman–Crippen MR) is 73.7 cm³/mol. The van der Waals surface area contributed by atoms with E-state index in [0.29, 0.717) is 5.92 Å². The molecule has 17 heavy (non-hydrogen) atoms. The van der Waals surface area contributed by atoms with Crippen LogP contribution in [-0.2, 0) is 0 Å². The largest absolute Gasteiger partial charge is 0.0871 e. The molecule has 0 heterocycles. The molecule has 3 rings (SSSR count). The number of allylic oxidation sites excluding steroid dienone is 10. The second kappa shape index (κ2) is 4.18. The molecule has 1 unspecified atom stereocenters. The van der Waals surface area contributed by atoms with Crippen LogP contribution in [0.5, 0.6) is 0 Å². The molecule has 0 nitrogen and oxygen atoms in total. The van der Waals surface area contributed by atoms with Gasteiger partial charge in [-0.15, -0.1) is 0 Å². The molecule has 3 aliphatic carbocycles. The predicted octanol–water partition coefficient (Wildman–Crippen LogP) is 4.88. The Morgan fingerprint density at radius 1 is 1.24 bits per heavy atom. The topological polar surface area (TPSA) is 0 Å². The van der Waals surface area contributed by atoms with Gasteiger partial charge < -0.3 is 0 Å². The fourth-order valence-corrected chi connectivity index (χ4v) is 3.52. The Kier molecular flexibility index (Phi) is 2.66. The van der Waals surface area contributed by atoms with E-state index >= 15 is 0 Å². The molecule has 88 valence electrons. The second-order valence-corrected chi connectivity index (χ2v) is 5.19. The van der Waals surface area contributed by atoms with Crippen molar-refractivity contribution < 1.29 is 0 Å². The minimum absolute atomic E-state index is 0.646. The second-order valence-electron chi connectivity index (χ2n) is 5.19. The van der Waals surface area contributed by atoms with Crippen LogP contribution in [0.15, 0.2) is 58.2 Å². The van der Waals surface area contributed by atoms with Gasteiger partial charge in [0.15, 0.2) is 0 Å². The van der Waals surface area contributed by atoms with E-state index < -0.39 is 0 Å². The minimum atomic E-state index is 0.646. The molecule has 1 atom stereocenters. The zero-order valence-electron chi connectivity index (χ0n) is 10.8. The Labute approximate surface area is 104 Å². The molecule has 0 heteroatoms. The van der Waals surface area contributed by atoms with Crippen LogP contribution in [0.4, 0.5) is 0 Å². The molecule has 0 saturated heterocycles. The van der Waals surface area contributed by atoms with Crippen molar-refractivity contribution in [3.63, 3.8) is 0 Å². The third-order valence-electron chi connectivity index (χ3n) is 4.23. The van der Waals surface area contributed by atoms with Crippen LogP contribution in [0.3, 0.4) is 0 Å². The van der Waals surface area contributed by atoms with E-state index in [4.69, 9.17) is 0 Å². The van der Waals surface area contributed by atoms with E-state index in [2.05, 4.69) is 44.2 Å². The number of rotatable bonds is 1. The van der Waals surface area contributed by atoms with E-state index in [1.165, 1.54) is 31.3 Å². The lowest BCUT2D eigenvalue weighted by Crippen LogP contribution is -2.04. The summed E-state index contributed by atoms with van der Waals surface area (Å²) in [5.41, 5.74) is 8.00. The van der Waals surface area contributed by atoms with E-state index in [-0.39, 0.29) is 0 Å². The maximum absolute atomic E-state index is 2.41. The molecule has 0 aromatic heterocycles. The zero-order valence-corrected chi connectivity index (χ0v) is 10.8. The highest BCUT2D eigenvalue weighted by atomic mass is 14.4. The summed E-state index contributed by atoms with van der Waals surface area (Å²) in [5.74, 6) is 0.646. The average molecular weight is 224 g/mol. The van der Waals surface area contributed by atoms with Gasteiger partial charge in [-0.2, -0.15) is 0 Å². The fraction of sp³-hybridized carbons (Fsp3) is 0.412. The standard InChI is InChI=1S/C17H20/c1-3-7-13-8-6-11-16-15-10-5-4-9-14(15)12(2)17(13)16/h3,5,7-8,10,12H,4,6,9,11H2,1-2H3/b7-3-. The molecule has 0 amide bonds. The van der Waals surface area contributed by atoms with E-state index in [1.807, 2.05) is 0 Å². The minimum Gasteiger partial charge on any atom is -0.0871 e. The lowest BCUT2D eigenvalue weighted by molar-refractivity contribution is 0.753. The first-order chi connectivity index (χ1) is 8.33. The Balaban J connectivity index is 2.08. The van der Waals surface area contributed by atoms with Crippen molar-refractivity contribution in [2.75, 3.05) is 0 Å². The van der Waals surface area contributed by atoms with E-state index in [1.54, 1.807) is 22.3 Å². The van der Waals surface area contributed by atoms with Gasteiger partial charge in [0, 0.05) is 5.92 Å². The van der Waals surface area contributed by atoms with Gasteiger partial charge in [0.2, 0.25) is 0 Å². The summed E-state index contributed by atoms with van der Waals surface area (Å²) in [5, 5.41) is 0. The molecule has 0 fully saturated rings. The molecule has 0 radical (unpaired) electrons. The quantitative estimate of drug-likeness (QED) is 0.595. The third-order valence-corrected chi connectivity index (χ3v) is 4.23. The molecule has 0 aromatic rings. The monoisotopic (exact) mass is 224 g/mol. The van der Waals surface area contributed by atoms with Gasteiger partial charge in [-0.05, 0) is 54.9 Å². The van der Waals surface area contributed by atoms with Crippen LogP contribution in [-0.4, -0.2) is 0 Å². The summed E-state index contributed by atoms with van der Waals surface area (Å²) >= 11 is 0. The van der Waals surface area contributed by atoms with Crippen molar-refractivity contribution in [2.24, 2.45) is 5.92 Å². The normalized spacial score (nSPS) is 27.6. The Morgan fingerprint density at radius 2 is 2.12 bits per heavy atom. The first kappa shape index (κ1) is 10.8. The molecule has 0 bridgehead atoms. The SMILES string of the molecule is C/C=C\C1=CCCC2=C1C(C)C1=C2C=CCC1. The lowest BCUT2D eigenvalue weighted by atomic mass is 9.85. The number of hydrogen-bond donors (Lipinski definition) is 0. The lowest BCUT2D eigenvalue weighted by Gasteiger charge is -2.19. The summed E-state index contributed by atoms with van der Waals surface area (Å²) < 4.78 is 0. The highest BCUT2D eigenvalue weighted by Gasteiger charge is 2.32. The van der Waals surface area contributed by atoms with Gasteiger partial charge in [-0.1, -0.05) is 42.9 Å². The van der Waals surface area contributed by atoms with Crippen LogP contribution >= 0.6 is 0 Å². The van der Waals surface area contributed by atoms with Crippen molar-refractivity contribution in [1.29, 1.82) is 0 Å². The molecule has 3 aliphatic rings. The summed E-state index contributed by atoms with van der Waals surface area (Å²) in [7, 11) is 0. The first-order valence-electron chi connectivity index (χ1n) is 6.79. The van der Waals surface area contributed by atoms with E-state index in [9.17, 15) is 0 Å². The van der Waals surface area contributed by atoms with Crippen molar-refractivity contribution in [3.05, 3.63) is 58.2 Å². The maximum atomic E-state index is 2.41. The van der Waals surface area contributed by atoms with Gasteiger partial charge in [-0.3, -0.25) is 0 Å². The third kappa shape index (κ3) is 1.58. The highest BCUT2D eigenvalue weighted by molar-refractivity contribution is 5.64. The van der Waals surface area contributed by atoms with Gasteiger partial charge in [0.25, 0.3) is 0 Å².